The predicted octanol–water partition coefficient (Wildman–Crippen LogP) is 3.17. The van der Waals surface area contributed by atoms with Crippen LogP contribution in [-0.4, -0.2) is 36.8 Å². The summed E-state index contributed by atoms with van der Waals surface area (Å²) in [6.07, 6.45) is 3.76. The molecule has 3 atom stereocenters. The Balaban J connectivity index is 2.33. The van der Waals surface area contributed by atoms with Gasteiger partial charge in [-0.25, -0.2) is 0 Å². The van der Waals surface area contributed by atoms with E-state index in [1.54, 1.807) is 0 Å². The normalized spacial score (nSPS) is 29.1. The first-order valence-corrected chi connectivity index (χ1v) is 8.13. The first-order chi connectivity index (χ1) is 7.87. The fourth-order valence-corrected chi connectivity index (χ4v) is 3.00. The van der Waals surface area contributed by atoms with E-state index in [0.717, 1.165) is 6.61 Å². The Morgan fingerprint density at radius 3 is 2.47 bits per heavy atom. The lowest BCUT2D eigenvalue weighted by molar-refractivity contribution is -0.125. The van der Waals surface area contributed by atoms with Crippen molar-refractivity contribution in [3.05, 3.63) is 0 Å². The molecular formula is C14H29NOS. The summed E-state index contributed by atoms with van der Waals surface area (Å²) in [4.78, 5) is 0. The highest BCUT2D eigenvalue weighted by molar-refractivity contribution is 7.98. The Morgan fingerprint density at radius 2 is 2.00 bits per heavy atom. The molecule has 3 heteroatoms. The maximum atomic E-state index is 5.98. The molecule has 0 amide bonds. The van der Waals surface area contributed by atoms with E-state index in [9.17, 15) is 0 Å². The maximum absolute atomic E-state index is 5.98. The van der Waals surface area contributed by atoms with Crippen molar-refractivity contribution in [1.29, 1.82) is 0 Å². The summed E-state index contributed by atoms with van der Waals surface area (Å²) < 4.78 is 5.98. The fourth-order valence-electron chi connectivity index (χ4n) is 2.40. The van der Waals surface area contributed by atoms with Gasteiger partial charge in [0.15, 0.2) is 0 Å². The van der Waals surface area contributed by atoms with Crippen molar-refractivity contribution < 1.29 is 4.74 Å². The summed E-state index contributed by atoms with van der Waals surface area (Å²) in [7, 11) is 0. The zero-order chi connectivity index (χ0) is 13.1. The molecule has 1 aliphatic rings. The zero-order valence-corrected chi connectivity index (χ0v) is 13.1. The molecule has 0 saturated heterocycles. The third-order valence-electron chi connectivity index (χ3n) is 3.71. The van der Waals surface area contributed by atoms with Crippen molar-refractivity contribution in [3.63, 3.8) is 0 Å². The van der Waals surface area contributed by atoms with Crippen molar-refractivity contribution in [2.24, 2.45) is 11.3 Å². The molecular weight excluding hydrogens is 230 g/mol. The van der Waals surface area contributed by atoms with Gasteiger partial charge in [0.2, 0.25) is 0 Å². The third-order valence-corrected chi connectivity index (χ3v) is 4.54. The van der Waals surface area contributed by atoms with Crippen molar-refractivity contribution in [2.45, 2.75) is 59.2 Å². The van der Waals surface area contributed by atoms with Crippen LogP contribution in [0.2, 0.25) is 0 Å². The van der Waals surface area contributed by atoms with E-state index in [2.05, 4.69) is 46.2 Å². The summed E-state index contributed by atoms with van der Waals surface area (Å²) in [6, 6.07) is 1.21. The number of thioether (sulfide) groups is 1. The fraction of sp³-hybridized carbons (Fsp3) is 1.00. The van der Waals surface area contributed by atoms with Crippen LogP contribution in [-0.2, 0) is 4.74 Å². The minimum absolute atomic E-state index is 0.279. The molecule has 17 heavy (non-hydrogen) atoms. The standard InChI is InChI=1S/C14H29NOS/c1-10(2)8-16-13-7-12(14(13,4)5)15-11(3)9-17-6/h10-13,15H,7-9H2,1-6H3. The molecule has 1 aliphatic carbocycles. The molecule has 0 bridgehead atoms. The van der Waals surface area contributed by atoms with Gasteiger partial charge in [-0.15, -0.1) is 0 Å². The number of nitrogens with one attached hydrogen (secondary N) is 1. The summed E-state index contributed by atoms with van der Waals surface area (Å²) in [5.41, 5.74) is 0.279. The highest BCUT2D eigenvalue weighted by atomic mass is 32.2. The summed E-state index contributed by atoms with van der Waals surface area (Å²) in [5, 5.41) is 3.72. The van der Waals surface area contributed by atoms with Crippen LogP contribution in [0.15, 0.2) is 0 Å². The minimum atomic E-state index is 0.279. The van der Waals surface area contributed by atoms with Gasteiger partial charge in [-0.2, -0.15) is 11.8 Å². The van der Waals surface area contributed by atoms with Gasteiger partial charge in [-0.05, 0) is 25.5 Å². The highest BCUT2D eigenvalue weighted by Crippen LogP contribution is 2.43. The smallest absolute Gasteiger partial charge is 0.0656 e. The molecule has 1 rings (SSSR count). The molecule has 0 spiro atoms. The van der Waals surface area contributed by atoms with Gasteiger partial charge in [0.05, 0.1) is 6.10 Å². The first-order valence-electron chi connectivity index (χ1n) is 6.74. The molecule has 102 valence electrons. The van der Waals surface area contributed by atoms with E-state index in [1.165, 1.54) is 12.2 Å². The van der Waals surface area contributed by atoms with Gasteiger partial charge in [0.25, 0.3) is 0 Å². The van der Waals surface area contributed by atoms with Gasteiger partial charge in [0.1, 0.15) is 0 Å². The average molecular weight is 259 g/mol. The molecule has 0 heterocycles. The first kappa shape index (κ1) is 15.3. The van der Waals surface area contributed by atoms with Gasteiger partial charge < -0.3 is 10.1 Å². The number of hydrogen-bond acceptors (Lipinski definition) is 3. The van der Waals surface area contributed by atoms with Crippen LogP contribution in [0.4, 0.5) is 0 Å². The molecule has 0 radical (unpaired) electrons. The Labute approximate surface area is 111 Å². The lowest BCUT2D eigenvalue weighted by Gasteiger charge is -2.53. The lowest BCUT2D eigenvalue weighted by atomic mass is 9.64. The van der Waals surface area contributed by atoms with Gasteiger partial charge in [-0.3, -0.25) is 0 Å². The van der Waals surface area contributed by atoms with Crippen molar-refractivity contribution in [2.75, 3.05) is 18.6 Å². The molecule has 0 aromatic rings. The quantitative estimate of drug-likeness (QED) is 0.759. The topological polar surface area (TPSA) is 21.3 Å². The van der Waals surface area contributed by atoms with Crippen molar-refractivity contribution in [1.82, 2.24) is 5.32 Å². The van der Waals surface area contributed by atoms with Crippen LogP contribution < -0.4 is 5.32 Å². The Morgan fingerprint density at radius 1 is 1.35 bits per heavy atom. The summed E-state index contributed by atoms with van der Waals surface area (Å²) in [6.45, 7) is 12.2. The van der Waals surface area contributed by atoms with Gasteiger partial charge in [-0.1, -0.05) is 27.7 Å². The van der Waals surface area contributed by atoms with Crippen LogP contribution in [0.1, 0.15) is 41.0 Å². The molecule has 0 aromatic carbocycles. The van der Waals surface area contributed by atoms with Crippen LogP contribution in [0, 0.1) is 11.3 Å². The SMILES string of the molecule is CSCC(C)NC1CC(OCC(C)C)C1(C)C. The molecule has 1 N–H and O–H groups in total. The Bertz CT molecular complexity index is 230. The Hall–Kier alpha value is 0.270. The molecule has 2 nitrogen and oxygen atoms in total. The van der Waals surface area contributed by atoms with Crippen LogP contribution >= 0.6 is 11.8 Å². The second-order valence-corrected chi connectivity index (χ2v) is 7.26. The van der Waals surface area contributed by atoms with E-state index in [0.29, 0.717) is 24.1 Å². The van der Waals surface area contributed by atoms with Crippen LogP contribution in [0.25, 0.3) is 0 Å². The summed E-state index contributed by atoms with van der Waals surface area (Å²) in [5.74, 6) is 1.82. The van der Waals surface area contributed by atoms with Crippen molar-refractivity contribution >= 4 is 11.8 Å². The predicted molar refractivity (Wildman–Crippen MR) is 77.7 cm³/mol. The molecule has 1 saturated carbocycles. The monoisotopic (exact) mass is 259 g/mol. The average Bonchev–Trinajstić information content (AvgIpc) is 2.22. The number of ether oxygens (including phenoxy) is 1. The molecule has 1 fully saturated rings. The molecule has 0 aliphatic heterocycles. The summed E-state index contributed by atoms with van der Waals surface area (Å²) >= 11 is 1.91. The third kappa shape index (κ3) is 4.15. The second-order valence-electron chi connectivity index (χ2n) is 6.35. The van der Waals surface area contributed by atoms with E-state index in [4.69, 9.17) is 4.74 Å². The van der Waals surface area contributed by atoms with E-state index in [1.807, 2.05) is 11.8 Å². The highest BCUT2D eigenvalue weighted by Gasteiger charge is 2.49. The largest absolute Gasteiger partial charge is 0.377 e. The van der Waals surface area contributed by atoms with Crippen molar-refractivity contribution in [3.8, 4) is 0 Å². The maximum Gasteiger partial charge on any atom is 0.0656 e. The van der Waals surface area contributed by atoms with Crippen LogP contribution in [0.5, 0.6) is 0 Å². The number of hydrogen-bond donors (Lipinski definition) is 1. The second kappa shape index (κ2) is 6.44. The molecule has 0 aromatic heterocycles. The molecule has 3 unspecified atom stereocenters. The van der Waals surface area contributed by atoms with Gasteiger partial charge in [0, 0.05) is 29.9 Å². The van der Waals surface area contributed by atoms with E-state index >= 15 is 0 Å². The van der Waals surface area contributed by atoms with E-state index < -0.39 is 0 Å². The van der Waals surface area contributed by atoms with Crippen LogP contribution in [0.3, 0.4) is 0 Å². The minimum Gasteiger partial charge on any atom is -0.377 e. The van der Waals surface area contributed by atoms with Gasteiger partial charge >= 0.3 is 0 Å². The Kier molecular flexibility index (Phi) is 5.81. The number of rotatable bonds is 7. The zero-order valence-electron chi connectivity index (χ0n) is 12.2. The lowest BCUT2D eigenvalue weighted by Crippen LogP contribution is -2.62. The van der Waals surface area contributed by atoms with E-state index in [-0.39, 0.29) is 5.41 Å².